The summed E-state index contributed by atoms with van der Waals surface area (Å²) < 4.78 is 1.68. The number of nitrogens with zero attached hydrogens (tertiary/aromatic N) is 3. The summed E-state index contributed by atoms with van der Waals surface area (Å²) in [4.78, 5) is 23.7. The minimum absolute atomic E-state index is 0.129. The van der Waals surface area contributed by atoms with Crippen molar-refractivity contribution in [2.45, 2.75) is 23.2 Å². The van der Waals surface area contributed by atoms with Crippen LogP contribution in [-0.2, 0) is 15.5 Å². The summed E-state index contributed by atoms with van der Waals surface area (Å²) in [6, 6.07) is 9.41. The predicted octanol–water partition coefficient (Wildman–Crippen LogP) is 0.855. The van der Waals surface area contributed by atoms with E-state index in [4.69, 9.17) is 0 Å². The topological polar surface area (TPSA) is 88.9 Å². The third kappa shape index (κ3) is 3.40. The lowest BCUT2D eigenvalue weighted by Crippen LogP contribution is -2.30. The van der Waals surface area contributed by atoms with Gasteiger partial charge in [-0.1, -0.05) is 23.4 Å². The minimum atomic E-state index is -0.565. The standard InChI is InChI=1S/C13H13N5O2S/c19-12-6-10(13(20)15-12)14-11-7-18(17-16-11)8-21-9-4-2-1-3-5-9/h1-5,7,10,14H,6,8H2,(H,15,19,20). The molecular weight excluding hydrogens is 290 g/mol. The van der Waals surface area contributed by atoms with Crippen molar-refractivity contribution in [3.05, 3.63) is 36.5 Å². The number of hydrogen-bond donors (Lipinski definition) is 2. The molecule has 3 rings (SSSR count). The van der Waals surface area contributed by atoms with Gasteiger partial charge in [-0.15, -0.1) is 16.9 Å². The smallest absolute Gasteiger partial charge is 0.249 e. The zero-order chi connectivity index (χ0) is 14.7. The Bertz CT molecular complexity index is 658. The summed E-state index contributed by atoms with van der Waals surface area (Å²) in [5.74, 6) is 0.505. The fourth-order valence-electron chi connectivity index (χ4n) is 1.93. The van der Waals surface area contributed by atoms with Gasteiger partial charge in [-0.2, -0.15) is 0 Å². The second-order valence-corrected chi connectivity index (χ2v) is 5.56. The van der Waals surface area contributed by atoms with E-state index in [-0.39, 0.29) is 18.2 Å². The lowest BCUT2D eigenvalue weighted by atomic mass is 10.2. The fourth-order valence-corrected chi connectivity index (χ4v) is 2.69. The number of rotatable bonds is 5. The Morgan fingerprint density at radius 2 is 2.14 bits per heavy atom. The third-order valence-corrected chi connectivity index (χ3v) is 3.94. The Morgan fingerprint density at radius 3 is 2.86 bits per heavy atom. The van der Waals surface area contributed by atoms with Crippen molar-refractivity contribution in [1.82, 2.24) is 20.3 Å². The van der Waals surface area contributed by atoms with Gasteiger partial charge in [0.05, 0.1) is 18.5 Å². The first-order valence-corrected chi connectivity index (χ1v) is 7.37. The first-order chi connectivity index (χ1) is 10.2. The second kappa shape index (κ2) is 5.96. The fraction of sp³-hybridized carbons (Fsp3) is 0.231. The predicted molar refractivity (Wildman–Crippen MR) is 77.5 cm³/mol. The zero-order valence-corrected chi connectivity index (χ0v) is 11.8. The Morgan fingerprint density at radius 1 is 1.33 bits per heavy atom. The van der Waals surface area contributed by atoms with Crippen molar-refractivity contribution >= 4 is 29.4 Å². The van der Waals surface area contributed by atoms with E-state index in [0.29, 0.717) is 11.7 Å². The number of nitrogens with one attached hydrogen (secondary N) is 2. The number of anilines is 1. The number of hydrogen-bond acceptors (Lipinski definition) is 6. The maximum absolute atomic E-state index is 11.5. The molecule has 1 aromatic heterocycles. The number of carbonyl (C=O) groups excluding carboxylic acids is 2. The summed E-state index contributed by atoms with van der Waals surface area (Å²) >= 11 is 1.63. The monoisotopic (exact) mass is 303 g/mol. The van der Waals surface area contributed by atoms with E-state index in [0.717, 1.165) is 4.90 Å². The molecule has 108 valence electrons. The van der Waals surface area contributed by atoms with Gasteiger partial charge in [-0.3, -0.25) is 14.9 Å². The number of thioether (sulfide) groups is 1. The molecule has 1 aliphatic rings. The van der Waals surface area contributed by atoms with E-state index in [2.05, 4.69) is 20.9 Å². The average Bonchev–Trinajstić information content (AvgIpc) is 3.05. The van der Waals surface area contributed by atoms with Crippen molar-refractivity contribution in [2.24, 2.45) is 0 Å². The van der Waals surface area contributed by atoms with E-state index < -0.39 is 6.04 Å². The maximum atomic E-state index is 11.5. The van der Waals surface area contributed by atoms with Gasteiger partial charge in [0.25, 0.3) is 0 Å². The molecule has 7 nitrogen and oxygen atoms in total. The normalized spacial score (nSPS) is 17.8. The highest BCUT2D eigenvalue weighted by Gasteiger charge is 2.30. The molecule has 21 heavy (non-hydrogen) atoms. The molecule has 1 fully saturated rings. The molecule has 1 saturated heterocycles. The Balaban J connectivity index is 1.56. The van der Waals surface area contributed by atoms with Crippen LogP contribution in [0.4, 0.5) is 5.82 Å². The molecule has 2 heterocycles. The van der Waals surface area contributed by atoms with Crippen LogP contribution in [0.3, 0.4) is 0 Å². The van der Waals surface area contributed by atoms with Gasteiger partial charge in [0, 0.05) is 4.90 Å². The van der Waals surface area contributed by atoms with Crippen LogP contribution in [0.2, 0.25) is 0 Å². The van der Waals surface area contributed by atoms with Crippen molar-refractivity contribution in [3.8, 4) is 0 Å². The largest absolute Gasteiger partial charge is 0.355 e. The first-order valence-electron chi connectivity index (χ1n) is 6.39. The van der Waals surface area contributed by atoms with Gasteiger partial charge >= 0.3 is 0 Å². The van der Waals surface area contributed by atoms with Crippen molar-refractivity contribution in [2.75, 3.05) is 5.32 Å². The van der Waals surface area contributed by atoms with Gasteiger partial charge < -0.3 is 5.32 Å². The van der Waals surface area contributed by atoms with Gasteiger partial charge in [0.15, 0.2) is 5.82 Å². The Labute approximate surface area is 125 Å². The van der Waals surface area contributed by atoms with E-state index in [9.17, 15) is 9.59 Å². The van der Waals surface area contributed by atoms with Crippen molar-refractivity contribution in [1.29, 1.82) is 0 Å². The number of aromatic nitrogens is 3. The highest BCUT2D eigenvalue weighted by atomic mass is 32.2. The van der Waals surface area contributed by atoms with Gasteiger partial charge in [-0.25, -0.2) is 4.68 Å². The molecule has 0 radical (unpaired) electrons. The maximum Gasteiger partial charge on any atom is 0.249 e. The summed E-state index contributed by atoms with van der Waals surface area (Å²) in [6.07, 6.45) is 1.84. The molecule has 0 bridgehead atoms. The van der Waals surface area contributed by atoms with Crippen LogP contribution in [0.15, 0.2) is 41.4 Å². The van der Waals surface area contributed by atoms with Crippen molar-refractivity contribution in [3.63, 3.8) is 0 Å². The van der Waals surface area contributed by atoms with E-state index >= 15 is 0 Å². The second-order valence-electron chi connectivity index (χ2n) is 4.54. The molecule has 0 spiro atoms. The van der Waals surface area contributed by atoms with Crippen LogP contribution in [-0.4, -0.2) is 32.9 Å². The van der Waals surface area contributed by atoms with Crippen molar-refractivity contribution < 1.29 is 9.59 Å². The van der Waals surface area contributed by atoms with E-state index in [1.807, 2.05) is 30.3 Å². The lowest BCUT2D eigenvalue weighted by Gasteiger charge is -2.05. The quantitative estimate of drug-likeness (QED) is 0.629. The number of benzene rings is 1. The lowest BCUT2D eigenvalue weighted by molar-refractivity contribution is -0.124. The summed E-state index contributed by atoms with van der Waals surface area (Å²) in [6.45, 7) is 0. The van der Waals surface area contributed by atoms with E-state index in [1.54, 1.807) is 22.6 Å². The molecular formula is C13H13N5O2S. The summed E-state index contributed by atoms with van der Waals surface area (Å²) in [5, 5.41) is 13.1. The molecule has 1 unspecified atom stereocenters. The van der Waals surface area contributed by atoms with Crippen LogP contribution in [0.25, 0.3) is 0 Å². The molecule has 1 aromatic carbocycles. The van der Waals surface area contributed by atoms with Crippen LogP contribution in [0.1, 0.15) is 6.42 Å². The number of carbonyl (C=O) groups is 2. The number of imide groups is 1. The minimum Gasteiger partial charge on any atom is -0.355 e. The summed E-state index contributed by atoms with van der Waals surface area (Å²) in [7, 11) is 0. The zero-order valence-electron chi connectivity index (χ0n) is 11.0. The third-order valence-electron chi connectivity index (χ3n) is 2.94. The van der Waals surface area contributed by atoms with Crippen LogP contribution in [0, 0.1) is 0 Å². The molecule has 1 atom stereocenters. The Kier molecular flexibility index (Phi) is 3.87. The van der Waals surface area contributed by atoms with E-state index in [1.165, 1.54) is 0 Å². The molecule has 0 saturated carbocycles. The molecule has 8 heteroatoms. The number of amides is 2. The molecule has 2 aromatic rings. The average molecular weight is 303 g/mol. The van der Waals surface area contributed by atoms with Gasteiger partial charge in [-0.05, 0) is 12.1 Å². The SMILES string of the molecule is O=C1CC(Nc2cn(CSc3ccccc3)nn2)C(=O)N1. The van der Waals surface area contributed by atoms with Gasteiger partial charge in [0.2, 0.25) is 11.8 Å². The molecule has 2 amide bonds. The summed E-state index contributed by atoms with van der Waals surface area (Å²) in [5.41, 5.74) is 0. The molecule has 2 N–H and O–H groups in total. The van der Waals surface area contributed by atoms with Crippen LogP contribution in [0.5, 0.6) is 0 Å². The van der Waals surface area contributed by atoms with Gasteiger partial charge in [0.1, 0.15) is 6.04 Å². The van der Waals surface area contributed by atoms with Crippen LogP contribution < -0.4 is 10.6 Å². The first kappa shape index (κ1) is 13.6. The highest BCUT2D eigenvalue weighted by molar-refractivity contribution is 7.98. The Hall–Kier alpha value is -2.35. The molecule has 0 aliphatic carbocycles. The van der Waals surface area contributed by atoms with Crippen LogP contribution >= 0.6 is 11.8 Å². The highest BCUT2D eigenvalue weighted by Crippen LogP contribution is 2.19. The molecule has 1 aliphatic heterocycles.